The number of amides is 2. The number of hydrogen-bond donors (Lipinski definition) is 3. The number of hydrogen-bond acceptors (Lipinski definition) is 5. The van der Waals surface area contributed by atoms with Gasteiger partial charge in [-0.2, -0.15) is 0 Å². The molecule has 0 aliphatic carbocycles. The fraction of sp³-hybridized carbons (Fsp3) is 0.152. The number of carbonyl (C=O) groups excluding carboxylic acids is 2. The number of nitrogens with zero attached hydrogens (tertiary/aromatic N) is 2. The van der Waals surface area contributed by atoms with Gasteiger partial charge in [-0.15, -0.1) is 0 Å². The molecule has 2 amide bonds. The van der Waals surface area contributed by atoms with E-state index in [1.54, 1.807) is 35.2 Å². The SMILES string of the molecule is CN1c2ccc(F)cc2C(=O)N2CCc3c([nH]c4ccc(OCc5cccc(C(=O)Nc6ccccc6N)c5)cc34)C21. The lowest BCUT2D eigenvalue weighted by atomic mass is 9.96. The zero-order valence-electron chi connectivity index (χ0n) is 22.9. The van der Waals surface area contributed by atoms with E-state index in [1.165, 1.54) is 12.1 Å². The molecule has 0 saturated heterocycles. The summed E-state index contributed by atoms with van der Waals surface area (Å²) in [5.41, 5.74) is 12.5. The van der Waals surface area contributed by atoms with Crippen LogP contribution >= 0.6 is 0 Å². The summed E-state index contributed by atoms with van der Waals surface area (Å²) >= 11 is 0. The second kappa shape index (κ2) is 9.95. The third kappa shape index (κ3) is 4.30. The van der Waals surface area contributed by atoms with E-state index in [4.69, 9.17) is 10.5 Å². The number of carbonyl (C=O) groups is 2. The summed E-state index contributed by atoms with van der Waals surface area (Å²) in [7, 11) is 1.93. The molecule has 8 nitrogen and oxygen atoms in total. The maximum Gasteiger partial charge on any atom is 0.258 e. The van der Waals surface area contributed by atoms with Crippen LogP contribution < -0.4 is 20.7 Å². The van der Waals surface area contributed by atoms with E-state index < -0.39 is 5.82 Å². The molecule has 210 valence electrons. The highest BCUT2D eigenvalue weighted by Crippen LogP contribution is 2.43. The summed E-state index contributed by atoms with van der Waals surface area (Å²) in [6.45, 7) is 0.812. The van der Waals surface area contributed by atoms with Gasteiger partial charge in [-0.05, 0) is 78.2 Å². The number of aromatic amines is 1. The van der Waals surface area contributed by atoms with E-state index >= 15 is 0 Å². The number of nitrogens with two attached hydrogens (primary N) is 1. The van der Waals surface area contributed by atoms with Crippen LogP contribution in [0.3, 0.4) is 0 Å². The van der Waals surface area contributed by atoms with E-state index in [1.807, 2.05) is 54.4 Å². The molecule has 4 aromatic carbocycles. The van der Waals surface area contributed by atoms with Crippen LogP contribution in [0.4, 0.5) is 21.5 Å². The topological polar surface area (TPSA) is 104 Å². The molecular formula is C33H28FN5O3. The van der Waals surface area contributed by atoms with Crippen molar-refractivity contribution in [2.24, 2.45) is 0 Å². The molecule has 42 heavy (non-hydrogen) atoms. The van der Waals surface area contributed by atoms with Gasteiger partial charge in [0.05, 0.1) is 28.3 Å². The Hall–Kier alpha value is -5.31. The minimum absolute atomic E-state index is 0.163. The lowest BCUT2D eigenvalue weighted by molar-refractivity contribution is 0.0634. The molecule has 3 heterocycles. The van der Waals surface area contributed by atoms with Gasteiger partial charge in [-0.25, -0.2) is 4.39 Å². The molecule has 0 radical (unpaired) electrons. The number of nitrogen functional groups attached to an aromatic ring is 1. The molecule has 0 fully saturated rings. The maximum absolute atomic E-state index is 13.9. The van der Waals surface area contributed by atoms with Gasteiger partial charge in [0.25, 0.3) is 11.8 Å². The van der Waals surface area contributed by atoms with Crippen LogP contribution in [0.2, 0.25) is 0 Å². The Balaban J connectivity index is 1.11. The van der Waals surface area contributed by atoms with Gasteiger partial charge in [0.2, 0.25) is 0 Å². The van der Waals surface area contributed by atoms with Crippen molar-refractivity contribution in [2.45, 2.75) is 19.2 Å². The van der Waals surface area contributed by atoms with E-state index in [2.05, 4.69) is 10.3 Å². The summed E-state index contributed by atoms with van der Waals surface area (Å²) in [4.78, 5) is 33.5. The fourth-order valence-electron chi connectivity index (χ4n) is 6.00. The second-order valence-corrected chi connectivity index (χ2v) is 10.6. The summed E-state index contributed by atoms with van der Waals surface area (Å²) in [5.74, 6) is -0.128. The summed E-state index contributed by atoms with van der Waals surface area (Å²) in [6.07, 6.45) is 0.360. The van der Waals surface area contributed by atoms with Crippen LogP contribution in [0.15, 0.2) is 84.9 Å². The molecule has 1 unspecified atom stereocenters. The van der Waals surface area contributed by atoms with Crippen molar-refractivity contribution in [2.75, 3.05) is 29.5 Å². The van der Waals surface area contributed by atoms with Crippen LogP contribution in [0.5, 0.6) is 5.75 Å². The van der Waals surface area contributed by atoms with E-state index in [9.17, 15) is 14.0 Å². The van der Waals surface area contributed by atoms with Crippen LogP contribution in [0, 0.1) is 5.82 Å². The summed E-state index contributed by atoms with van der Waals surface area (Å²) < 4.78 is 20.1. The predicted molar refractivity (Wildman–Crippen MR) is 160 cm³/mol. The molecule has 0 saturated carbocycles. The molecule has 0 bridgehead atoms. The Morgan fingerprint density at radius 2 is 1.93 bits per heavy atom. The normalized spacial score (nSPS) is 15.7. The van der Waals surface area contributed by atoms with E-state index in [0.29, 0.717) is 46.9 Å². The number of halogens is 1. The molecule has 2 aliphatic heterocycles. The van der Waals surface area contributed by atoms with Crippen molar-refractivity contribution in [3.8, 4) is 5.75 Å². The maximum atomic E-state index is 13.9. The first-order valence-electron chi connectivity index (χ1n) is 13.7. The third-order valence-electron chi connectivity index (χ3n) is 8.07. The Kier molecular flexibility index (Phi) is 6.08. The molecule has 2 aliphatic rings. The van der Waals surface area contributed by atoms with Crippen molar-refractivity contribution >= 4 is 39.8 Å². The van der Waals surface area contributed by atoms with Gasteiger partial charge in [0.15, 0.2) is 0 Å². The first-order chi connectivity index (χ1) is 20.4. The monoisotopic (exact) mass is 561 g/mol. The lowest BCUT2D eigenvalue weighted by Gasteiger charge is -2.46. The van der Waals surface area contributed by atoms with Crippen LogP contribution in [-0.4, -0.2) is 35.3 Å². The van der Waals surface area contributed by atoms with Crippen molar-refractivity contribution in [1.82, 2.24) is 9.88 Å². The molecule has 7 rings (SSSR count). The molecule has 1 atom stereocenters. The van der Waals surface area contributed by atoms with E-state index in [-0.39, 0.29) is 24.6 Å². The van der Waals surface area contributed by atoms with Crippen molar-refractivity contribution in [3.63, 3.8) is 0 Å². The Labute approximate surface area is 241 Å². The smallest absolute Gasteiger partial charge is 0.258 e. The Morgan fingerprint density at radius 3 is 2.79 bits per heavy atom. The fourth-order valence-corrected chi connectivity index (χ4v) is 6.00. The van der Waals surface area contributed by atoms with Crippen molar-refractivity contribution in [1.29, 1.82) is 0 Å². The first kappa shape index (κ1) is 25.6. The van der Waals surface area contributed by atoms with Crippen molar-refractivity contribution in [3.05, 3.63) is 119 Å². The molecular weight excluding hydrogens is 533 g/mol. The molecule has 9 heteroatoms. The number of para-hydroxylation sites is 2. The summed E-state index contributed by atoms with van der Waals surface area (Å²) in [5, 5.41) is 3.90. The Morgan fingerprint density at radius 1 is 1.07 bits per heavy atom. The third-order valence-corrected chi connectivity index (χ3v) is 8.07. The van der Waals surface area contributed by atoms with Gasteiger partial charge < -0.3 is 30.6 Å². The highest BCUT2D eigenvalue weighted by atomic mass is 19.1. The number of rotatable bonds is 5. The zero-order valence-corrected chi connectivity index (χ0v) is 22.9. The lowest BCUT2D eigenvalue weighted by Crippen LogP contribution is -2.51. The van der Waals surface area contributed by atoms with Crippen LogP contribution in [-0.2, 0) is 13.0 Å². The molecule has 5 aromatic rings. The van der Waals surface area contributed by atoms with Gasteiger partial charge in [-0.3, -0.25) is 9.59 Å². The number of H-pyrrole nitrogens is 1. The van der Waals surface area contributed by atoms with E-state index in [0.717, 1.165) is 27.7 Å². The standard InChI is InChI=1S/C33H28FN5O3/c1-38-29-12-9-21(34)16-25(29)33(41)39-14-13-23-24-17-22(10-11-27(24)36-30(23)32(38)39)42-18-19-5-4-6-20(15-19)31(40)37-28-8-3-2-7-26(28)35/h2-12,15-17,32,36H,13-14,18,35H2,1H3,(H,37,40). The number of nitrogens with one attached hydrogen (secondary N) is 2. The number of ether oxygens (including phenoxy) is 1. The van der Waals surface area contributed by atoms with Crippen molar-refractivity contribution < 1.29 is 18.7 Å². The van der Waals surface area contributed by atoms with Gasteiger partial charge in [-0.1, -0.05) is 24.3 Å². The quantitative estimate of drug-likeness (QED) is 0.233. The minimum atomic E-state index is -0.419. The largest absolute Gasteiger partial charge is 0.489 e. The molecule has 0 spiro atoms. The Bertz CT molecular complexity index is 1880. The van der Waals surface area contributed by atoms with Crippen LogP contribution in [0.25, 0.3) is 10.9 Å². The highest BCUT2D eigenvalue weighted by molar-refractivity contribution is 6.06. The average molecular weight is 562 g/mol. The van der Waals surface area contributed by atoms with Gasteiger partial charge in [0.1, 0.15) is 24.3 Å². The minimum Gasteiger partial charge on any atom is -0.489 e. The number of fused-ring (bicyclic) bond motifs is 6. The summed E-state index contributed by atoms with van der Waals surface area (Å²) in [6, 6.07) is 24.7. The number of benzene rings is 4. The number of anilines is 3. The highest BCUT2D eigenvalue weighted by Gasteiger charge is 2.41. The zero-order chi connectivity index (χ0) is 29.0. The van der Waals surface area contributed by atoms with Gasteiger partial charge in [0, 0.05) is 30.1 Å². The molecule has 1 aromatic heterocycles. The molecule has 4 N–H and O–H groups in total. The second-order valence-electron chi connectivity index (χ2n) is 10.6. The number of aromatic nitrogens is 1. The first-order valence-corrected chi connectivity index (χ1v) is 13.7. The van der Waals surface area contributed by atoms with Gasteiger partial charge >= 0.3 is 0 Å². The van der Waals surface area contributed by atoms with Crippen LogP contribution in [0.1, 0.15) is 43.7 Å². The average Bonchev–Trinajstić information content (AvgIpc) is 3.37. The predicted octanol–water partition coefficient (Wildman–Crippen LogP) is 5.87.